The molecule has 5 amide bonds. The Balaban J connectivity index is 0.000000133. The van der Waals surface area contributed by atoms with E-state index in [9.17, 15) is 61.1 Å². The minimum absolute atomic E-state index is 0.0781. The first-order chi connectivity index (χ1) is 59.6. The molecule has 2 aliphatic heterocycles. The van der Waals surface area contributed by atoms with Crippen LogP contribution in [0.25, 0.3) is 54.3 Å². The average Bonchev–Trinajstić information content (AvgIpc) is 0.805. The number of nitrogens with one attached hydrogen (secondary N) is 5. The van der Waals surface area contributed by atoms with Gasteiger partial charge in [-0.15, -0.1) is 13.2 Å². The van der Waals surface area contributed by atoms with E-state index in [0.717, 1.165) is 70.1 Å². The third-order valence-electron chi connectivity index (χ3n) is 20.3. The maximum atomic E-state index is 12.7. The van der Waals surface area contributed by atoms with Gasteiger partial charge in [0.1, 0.15) is 42.0 Å². The zero-order valence-corrected chi connectivity index (χ0v) is 68.1. The lowest BCUT2D eigenvalue weighted by atomic mass is 10.0. The van der Waals surface area contributed by atoms with Crippen LogP contribution in [-0.2, 0) is 41.7 Å². The van der Waals surface area contributed by atoms with Crippen molar-refractivity contribution in [3.8, 4) is 40.2 Å². The van der Waals surface area contributed by atoms with Gasteiger partial charge in [-0.25, -0.2) is 0 Å². The van der Waals surface area contributed by atoms with E-state index in [1.54, 1.807) is 191 Å². The van der Waals surface area contributed by atoms with Crippen LogP contribution < -0.4 is 87.5 Å². The highest BCUT2D eigenvalue weighted by Crippen LogP contribution is 2.34. The number of pyridine rings is 5. The molecule has 2 aliphatic rings. The smallest absolute Gasteiger partial charge is 0.497 e. The molecule has 27 nitrogen and oxygen atoms in total. The summed E-state index contributed by atoms with van der Waals surface area (Å²) < 4.78 is 79.9. The number of para-hydroxylation sites is 1. The number of halogens is 3. The molecule has 0 bridgehead atoms. The van der Waals surface area contributed by atoms with Crippen LogP contribution in [-0.4, -0.2) is 99.9 Å². The molecule has 0 radical (unpaired) electrons. The summed E-state index contributed by atoms with van der Waals surface area (Å²) in [6.07, 6.45) is 0.373. The number of fused-ring (bicyclic) bond motifs is 7. The third kappa shape index (κ3) is 20.0. The Hall–Kier alpha value is -16.0. The monoisotopic (exact) mass is 1680 g/mol. The topological polar surface area (TPSA) is 320 Å². The van der Waals surface area contributed by atoms with Crippen molar-refractivity contribution in [1.82, 2.24) is 22.8 Å². The Kier molecular flexibility index (Phi) is 26.3. The maximum Gasteiger partial charge on any atom is 0.573 e. The predicted octanol–water partition coefficient (Wildman–Crippen LogP) is 15.0. The number of benzene rings is 10. The number of hydrogen-bond donors (Lipinski definition) is 5. The van der Waals surface area contributed by atoms with Crippen molar-refractivity contribution in [2.75, 3.05) is 67.7 Å². The minimum atomic E-state index is -4.79. The number of alkyl halides is 3. The van der Waals surface area contributed by atoms with E-state index in [2.05, 4.69) is 31.3 Å². The van der Waals surface area contributed by atoms with Crippen molar-refractivity contribution in [2.45, 2.75) is 19.2 Å². The predicted molar refractivity (Wildman–Crippen MR) is 469 cm³/mol. The molecule has 7 heterocycles. The van der Waals surface area contributed by atoms with Crippen molar-refractivity contribution in [1.29, 1.82) is 0 Å². The van der Waals surface area contributed by atoms with Crippen LogP contribution in [0.4, 0.5) is 41.6 Å². The summed E-state index contributed by atoms with van der Waals surface area (Å²) in [5, 5.41) is 18.8. The fourth-order valence-corrected chi connectivity index (χ4v) is 13.7. The maximum absolute atomic E-state index is 12.7. The normalized spacial score (nSPS) is 11.7. The van der Waals surface area contributed by atoms with Gasteiger partial charge < -0.3 is 82.6 Å². The number of hydrogen-bond acceptors (Lipinski definition) is 17. The number of methoxy groups -OCH3 is 3. The van der Waals surface area contributed by atoms with Gasteiger partial charge >= 0.3 is 6.36 Å². The molecule has 0 fully saturated rings. The van der Waals surface area contributed by atoms with Crippen LogP contribution in [0.15, 0.2) is 279 Å². The number of aromatic nitrogens is 5. The second-order valence-electron chi connectivity index (χ2n) is 28.2. The summed E-state index contributed by atoms with van der Waals surface area (Å²) in [7, 11) is 13.1. The molecule has 124 heavy (non-hydrogen) atoms. The fraction of sp³-hybridized carbons (Fsp3) is 0.149. The van der Waals surface area contributed by atoms with Crippen molar-refractivity contribution < 1.29 is 70.3 Å². The average molecular weight is 1680 g/mol. The van der Waals surface area contributed by atoms with E-state index in [0.29, 0.717) is 120 Å². The second-order valence-corrected chi connectivity index (χ2v) is 28.2. The first kappa shape index (κ1) is 85.9. The third-order valence-corrected chi connectivity index (χ3v) is 20.3. The molecule has 0 spiro atoms. The number of carbonyl (C=O) groups is 5. The van der Waals surface area contributed by atoms with Crippen LogP contribution in [0.2, 0.25) is 0 Å². The molecular weight excluding hydrogens is 1600 g/mol. The van der Waals surface area contributed by atoms with Gasteiger partial charge in [0.15, 0.2) is 11.5 Å². The summed E-state index contributed by atoms with van der Waals surface area (Å²) in [5.41, 5.74) is 7.56. The molecule has 0 saturated carbocycles. The van der Waals surface area contributed by atoms with Gasteiger partial charge in [0.2, 0.25) is 0 Å². The van der Waals surface area contributed by atoms with Crippen LogP contribution >= 0.6 is 0 Å². The molecule has 0 atom stereocenters. The fourth-order valence-electron chi connectivity index (χ4n) is 13.7. The van der Waals surface area contributed by atoms with Gasteiger partial charge in [-0.05, 0) is 182 Å². The summed E-state index contributed by atoms with van der Waals surface area (Å²) >= 11 is 0. The van der Waals surface area contributed by atoms with Crippen LogP contribution in [0.3, 0.4) is 0 Å². The van der Waals surface area contributed by atoms with Gasteiger partial charge in [0.05, 0.1) is 61.4 Å². The van der Waals surface area contributed by atoms with Crippen molar-refractivity contribution in [3.05, 3.63) is 340 Å². The summed E-state index contributed by atoms with van der Waals surface area (Å²) in [4.78, 5) is 123. The zero-order chi connectivity index (χ0) is 88.0. The quantitative estimate of drug-likeness (QED) is 0.0675. The number of aryl methyl sites for hydroxylation is 6. The van der Waals surface area contributed by atoms with Crippen LogP contribution in [0, 0.1) is 0 Å². The van der Waals surface area contributed by atoms with E-state index in [4.69, 9.17) is 28.4 Å². The summed E-state index contributed by atoms with van der Waals surface area (Å²) in [6.45, 7) is 1.70. The van der Waals surface area contributed by atoms with Crippen molar-refractivity contribution in [2.24, 2.45) is 35.2 Å². The highest BCUT2D eigenvalue weighted by Gasteiger charge is 2.31. The number of nitrogens with zero attached hydrogens (tertiary/aromatic N) is 5. The largest absolute Gasteiger partial charge is 0.573 e. The first-order valence-corrected chi connectivity index (χ1v) is 38.5. The number of carbonyl (C=O) groups excluding carboxylic acids is 5. The second kappa shape index (κ2) is 37.9. The lowest BCUT2D eigenvalue weighted by Crippen LogP contribution is -2.21. The van der Waals surface area contributed by atoms with E-state index < -0.39 is 18.0 Å². The minimum Gasteiger partial charge on any atom is -0.497 e. The van der Waals surface area contributed by atoms with Crippen molar-refractivity contribution >= 4 is 112 Å². The summed E-state index contributed by atoms with van der Waals surface area (Å²) in [5.74, 6) is 1.92. The van der Waals surface area contributed by atoms with Gasteiger partial charge in [0, 0.05) is 161 Å². The van der Waals surface area contributed by atoms with Crippen LogP contribution in [0.1, 0.15) is 63.8 Å². The molecular formula is C94H81F3N10O17. The molecule has 5 N–H and O–H groups in total. The molecule has 0 aliphatic carbocycles. The molecule has 0 saturated heterocycles. The molecule has 5 aromatic heterocycles. The van der Waals surface area contributed by atoms with Crippen LogP contribution in [0.5, 0.6) is 40.2 Å². The first-order valence-electron chi connectivity index (χ1n) is 38.5. The van der Waals surface area contributed by atoms with Crippen molar-refractivity contribution in [3.63, 3.8) is 0 Å². The number of anilines is 5. The Bertz CT molecular complexity index is 6770. The highest BCUT2D eigenvalue weighted by atomic mass is 19.4. The molecule has 10 aromatic carbocycles. The van der Waals surface area contributed by atoms with Gasteiger partial charge in [0.25, 0.3) is 57.3 Å². The molecule has 15 aromatic rings. The number of amides is 5. The van der Waals surface area contributed by atoms with E-state index in [1.165, 1.54) is 58.3 Å². The van der Waals surface area contributed by atoms with E-state index >= 15 is 0 Å². The molecule has 0 unspecified atom stereocenters. The summed E-state index contributed by atoms with van der Waals surface area (Å²) in [6, 6.07) is 66.9. The Labute approximate surface area is 704 Å². The van der Waals surface area contributed by atoms with E-state index in [-0.39, 0.29) is 57.0 Å². The van der Waals surface area contributed by atoms with Gasteiger partial charge in [-0.3, -0.25) is 47.9 Å². The standard InChI is InChI=1S/C20H18N2O3.C19H16N2O4.C19H18N2O4.C18H13F3N2O3.C18H16N2O3/c1-22-17-6-2-5-16(15(17)8-10-19(22)23)21-20(24)14-7-9-18-13(12-14)4-3-11-25-18;1-21-15-4-2-3-14(13(15)6-8-18(21)22)20-19(23)12-5-7-16-17(11-12)25-10-9-24-16;1-21-17-7-5-4-6-15(17)16(11-18(21)22)19(23)20-12-8-13(24-2)10-14(9-12)25-3;1-23-10-9-13-14(17(23)25)3-2-4-15(13)22-16(24)11-5-7-12(8-6-11)26-18(19,20)21;1-20-11-10-14-15(18(20)22)4-3-5-16(14)19-17(21)12-6-8-13(23-2)9-7-12/h2,5-10,12H,3-4,11H2,1H3,(H,21,24);2-8,11H,9-10H2,1H3,(H,20,23);4-11H,1-3H3,(H,20,23);2-10H,1H3,(H,22,24);3-11H,1-2H3,(H,19,21). The lowest BCUT2D eigenvalue weighted by Gasteiger charge is -2.18. The molecule has 17 rings (SSSR count). The highest BCUT2D eigenvalue weighted by molar-refractivity contribution is 6.14. The number of rotatable bonds is 14. The SMILES string of the molecule is COc1cc(NC(=O)c2cc(=O)n(C)c3ccccc23)cc(OC)c1.COc1ccc(C(=O)Nc2cccc3c(=O)n(C)ccc23)cc1.Cn1c(=O)ccc2c(NC(=O)c3ccc4c(c3)CCCO4)cccc21.Cn1c(=O)ccc2c(NC(=O)c3ccc4c(c3)OCCO4)cccc21.Cn1ccc2c(NC(=O)c3ccc(OC(F)(F)F)cc3)cccc2c1=O. The lowest BCUT2D eigenvalue weighted by molar-refractivity contribution is -0.274. The Morgan fingerprint density at radius 2 is 0.758 bits per heavy atom. The zero-order valence-electron chi connectivity index (χ0n) is 68.1. The Morgan fingerprint density at radius 1 is 0.347 bits per heavy atom. The molecule has 30 heteroatoms. The molecule has 630 valence electrons. The van der Waals surface area contributed by atoms with Gasteiger partial charge in [-0.2, -0.15) is 0 Å². The Morgan fingerprint density at radius 3 is 1.27 bits per heavy atom. The van der Waals surface area contributed by atoms with Gasteiger partial charge in [-0.1, -0.05) is 42.5 Å². The number of ether oxygens (including phenoxy) is 7. The van der Waals surface area contributed by atoms with E-state index in [1.807, 2.05) is 72.8 Å².